The van der Waals surface area contributed by atoms with Crippen molar-refractivity contribution in [2.45, 2.75) is 77.6 Å². The molecule has 0 unspecified atom stereocenters. The number of ether oxygens (including phenoxy) is 1. The van der Waals surface area contributed by atoms with Crippen molar-refractivity contribution in [2.24, 2.45) is 0 Å². The fourth-order valence-corrected chi connectivity index (χ4v) is 2.04. The molecule has 0 saturated carbocycles. The molecule has 0 amide bonds. The van der Waals surface area contributed by atoms with Crippen LogP contribution in [0.15, 0.2) is 24.8 Å². The Morgan fingerprint density at radius 1 is 1.00 bits per heavy atom. The molecule has 20 heavy (non-hydrogen) atoms. The smallest absolute Gasteiger partial charge is 0.305 e. The van der Waals surface area contributed by atoms with Crippen LogP contribution < -0.4 is 0 Å². The molecule has 0 aliphatic carbocycles. The van der Waals surface area contributed by atoms with Gasteiger partial charge in [0, 0.05) is 6.42 Å². The van der Waals surface area contributed by atoms with Crippen LogP contribution in [-0.2, 0) is 9.53 Å². The van der Waals surface area contributed by atoms with Gasteiger partial charge < -0.3 is 4.74 Å². The Bertz CT molecular complexity index is 256. The molecule has 0 heterocycles. The van der Waals surface area contributed by atoms with Crippen molar-refractivity contribution in [2.75, 3.05) is 6.61 Å². The van der Waals surface area contributed by atoms with E-state index in [-0.39, 0.29) is 5.97 Å². The van der Waals surface area contributed by atoms with Crippen molar-refractivity contribution in [3.63, 3.8) is 0 Å². The summed E-state index contributed by atoms with van der Waals surface area (Å²) in [5, 5.41) is 0. The lowest BCUT2D eigenvalue weighted by atomic mass is 10.1. The molecule has 116 valence electrons. The number of allylic oxidation sites excluding steroid dienone is 3. The SMILES string of the molecule is C=CC=CCCCCCCCCOC(=O)CCCCC. The molecule has 0 spiro atoms. The second-order valence-corrected chi connectivity index (χ2v) is 5.25. The highest BCUT2D eigenvalue weighted by Gasteiger charge is 2.01. The molecule has 0 aliphatic rings. The first-order chi connectivity index (χ1) is 9.81. The van der Waals surface area contributed by atoms with Crippen molar-refractivity contribution < 1.29 is 9.53 Å². The molecule has 2 nitrogen and oxygen atoms in total. The minimum absolute atomic E-state index is 0.0209. The molecule has 0 fully saturated rings. The van der Waals surface area contributed by atoms with E-state index in [1.807, 2.05) is 12.2 Å². The normalized spacial score (nSPS) is 10.8. The van der Waals surface area contributed by atoms with E-state index < -0.39 is 0 Å². The first kappa shape index (κ1) is 18.9. The first-order valence-electron chi connectivity index (χ1n) is 8.24. The second kappa shape index (κ2) is 16.0. The van der Waals surface area contributed by atoms with Gasteiger partial charge in [-0.3, -0.25) is 4.79 Å². The number of hydrogen-bond acceptors (Lipinski definition) is 2. The van der Waals surface area contributed by atoms with Crippen LogP contribution in [0.25, 0.3) is 0 Å². The van der Waals surface area contributed by atoms with E-state index in [1.54, 1.807) is 0 Å². The predicted molar refractivity (Wildman–Crippen MR) is 86.8 cm³/mol. The highest BCUT2D eigenvalue weighted by molar-refractivity contribution is 5.69. The van der Waals surface area contributed by atoms with Gasteiger partial charge in [0.25, 0.3) is 0 Å². The lowest BCUT2D eigenvalue weighted by molar-refractivity contribution is -0.143. The largest absolute Gasteiger partial charge is 0.466 e. The number of hydrogen-bond donors (Lipinski definition) is 0. The van der Waals surface area contributed by atoms with E-state index in [0.717, 1.165) is 32.1 Å². The maximum Gasteiger partial charge on any atom is 0.305 e. The van der Waals surface area contributed by atoms with Gasteiger partial charge in [0.15, 0.2) is 0 Å². The van der Waals surface area contributed by atoms with E-state index in [4.69, 9.17) is 4.74 Å². The molecule has 0 N–H and O–H groups in total. The van der Waals surface area contributed by atoms with Crippen molar-refractivity contribution in [1.82, 2.24) is 0 Å². The van der Waals surface area contributed by atoms with E-state index in [0.29, 0.717) is 13.0 Å². The summed E-state index contributed by atoms with van der Waals surface area (Å²) < 4.78 is 5.20. The van der Waals surface area contributed by atoms with Crippen molar-refractivity contribution in [3.05, 3.63) is 24.8 Å². The Hall–Kier alpha value is -1.05. The molecule has 0 radical (unpaired) electrons. The average Bonchev–Trinajstić information content (AvgIpc) is 2.45. The Kier molecular flexibility index (Phi) is 15.2. The summed E-state index contributed by atoms with van der Waals surface area (Å²) in [6, 6.07) is 0. The molecular weight excluding hydrogens is 248 g/mol. The molecule has 2 heteroatoms. The summed E-state index contributed by atoms with van der Waals surface area (Å²) in [5.41, 5.74) is 0. The number of rotatable bonds is 14. The molecule has 0 aliphatic heterocycles. The van der Waals surface area contributed by atoms with E-state index in [2.05, 4.69) is 19.6 Å². The molecule has 0 bridgehead atoms. The summed E-state index contributed by atoms with van der Waals surface area (Å²) in [6.45, 7) is 6.39. The van der Waals surface area contributed by atoms with Crippen LogP contribution in [0.5, 0.6) is 0 Å². The summed E-state index contributed by atoms with van der Waals surface area (Å²) in [5.74, 6) is -0.0209. The van der Waals surface area contributed by atoms with Gasteiger partial charge in [-0.1, -0.05) is 70.3 Å². The lowest BCUT2D eigenvalue weighted by Gasteiger charge is -2.04. The zero-order valence-electron chi connectivity index (χ0n) is 13.2. The second-order valence-electron chi connectivity index (χ2n) is 5.25. The third-order valence-corrected chi connectivity index (χ3v) is 3.28. The van der Waals surface area contributed by atoms with Crippen LogP contribution >= 0.6 is 0 Å². The first-order valence-corrected chi connectivity index (χ1v) is 8.24. The van der Waals surface area contributed by atoms with Crippen LogP contribution in [-0.4, -0.2) is 12.6 Å². The average molecular weight is 280 g/mol. The monoisotopic (exact) mass is 280 g/mol. The summed E-state index contributed by atoms with van der Waals surface area (Å²) in [7, 11) is 0. The highest BCUT2D eigenvalue weighted by Crippen LogP contribution is 2.08. The number of unbranched alkanes of at least 4 members (excludes halogenated alkanes) is 8. The molecule has 0 atom stereocenters. The zero-order chi connectivity index (χ0) is 14.9. The summed E-state index contributed by atoms with van der Waals surface area (Å²) in [6.07, 6.45) is 18.3. The van der Waals surface area contributed by atoms with Crippen LogP contribution in [0.2, 0.25) is 0 Å². The van der Waals surface area contributed by atoms with E-state index >= 15 is 0 Å². The van der Waals surface area contributed by atoms with Gasteiger partial charge in [-0.2, -0.15) is 0 Å². The summed E-state index contributed by atoms with van der Waals surface area (Å²) >= 11 is 0. The fourth-order valence-electron chi connectivity index (χ4n) is 2.04. The Labute approximate surface area is 125 Å². The topological polar surface area (TPSA) is 26.3 Å². The molecule has 0 aromatic heterocycles. The molecule has 0 aromatic rings. The molecular formula is C18H32O2. The predicted octanol–water partition coefficient (Wildman–Crippen LogP) is 5.58. The highest BCUT2D eigenvalue weighted by atomic mass is 16.5. The van der Waals surface area contributed by atoms with E-state index in [1.165, 1.54) is 32.1 Å². The maximum atomic E-state index is 11.3. The third kappa shape index (κ3) is 15.0. The molecule has 0 saturated heterocycles. The van der Waals surface area contributed by atoms with Crippen LogP contribution in [0, 0.1) is 0 Å². The zero-order valence-corrected chi connectivity index (χ0v) is 13.2. The van der Waals surface area contributed by atoms with Crippen LogP contribution in [0.3, 0.4) is 0 Å². The van der Waals surface area contributed by atoms with E-state index in [9.17, 15) is 4.79 Å². The van der Waals surface area contributed by atoms with Gasteiger partial charge in [-0.15, -0.1) is 0 Å². The number of carbonyl (C=O) groups is 1. The quantitative estimate of drug-likeness (QED) is 0.236. The Morgan fingerprint density at radius 3 is 2.40 bits per heavy atom. The number of carbonyl (C=O) groups excluding carboxylic acids is 1. The van der Waals surface area contributed by atoms with Crippen molar-refractivity contribution in [1.29, 1.82) is 0 Å². The Morgan fingerprint density at radius 2 is 1.70 bits per heavy atom. The van der Waals surface area contributed by atoms with Crippen molar-refractivity contribution >= 4 is 5.97 Å². The van der Waals surface area contributed by atoms with Crippen molar-refractivity contribution in [3.8, 4) is 0 Å². The minimum atomic E-state index is -0.0209. The van der Waals surface area contributed by atoms with Gasteiger partial charge >= 0.3 is 5.97 Å². The van der Waals surface area contributed by atoms with Gasteiger partial charge in [0.2, 0.25) is 0 Å². The van der Waals surface area contributed by atoms with Gasteiger partial charge in [0.05, 0.1) is 6.61 Å². The molecule has 0 aromatic carbocycles. The minimum Gasteiger partial charge on any atom is -0.466 e. The summed E-state index contributed by atoms with van der Waals surface area (Å²) in [4.78, 5) is 11.3. The Balaban J connectivity index is 3.14. The standard InChI is InChI=1S/C18H32O2/c1-3-5-7-8-9-10-11-12-13-15-17-20-18(19)16-14-6-4-2/h3,5,7H,1,4,6,8-17H2,2H3. The fraction of sp³-hybridized carbons (Fsp3) is 0.722. The lowest BCUT2D eigenvalue weighted by Crippen LogP contribution is -2.05. The van der Waals surface area contributed by atoms with Gasteiger partial charge in [-0.05, 0) is 25.7 Å². The molecule has 0 rings (SSSR count). The third-order valence-electron chi connectivity index (χ3n) is 3.28. The van der Waals surface area contributed by atoms with Gasteiger partial charge in [-0.25, -0.2) is 0 Å². The number of esters is 1. The van der Waals surface area contributed by atoms with Crippen LogP contribution in [0.1, 0.15) is 77.6 Å². The van der Waals surface area contributed by atoms with Gasteiger partial charge in [0.1, 0.15) is 0 Å². The van der Waals surface area contributed by atoms with Crippen LogP contribution in [0.4, 0.5) is 0 Å². The maximum absolute atomic E-state index is 11.3.